The summed E-state index contributed by atoms with van der Waals surface area (Å²) in [5.74, 6) is -0.833. The molecule has 370 valence electrons. The summed E-state index contributed by atoms with van der Waals surface area (Å²) in [5.41, 5.74) is 4.26. The summed E-state index contributed by atoms with van der Waals surface area (Å²) in [6, 6.07) is 5.08. The van der Waals surface area contributed by atoms with Gasteiger partial charge < -0.3 is 55.0 Å². The summed E-state index contributed by atoms with van der Waals surface area (Å²) in [4.78, 5) is 82.8. The average molecular weight is 990 g/mol. The Balaban J connectivity index is 0.932. The Hall–Kier alpha value is -6.19. The molecule has 3 atom stereocenters. The van der Waals surface area contributed by atoms with Crippen molar-refractivity contribution in [2.24, 2.45) is 12.5 Å². The van der Waals surface area contributed by atoms with Crippen molar-refractivity contribution >= 4 is 80.5 Å². The number of nitrogens with one attached hydrogen (secondary N) is 4. The van der Waals surface area contributed by atoms with Crippen molar-refractivity contribution in [3.05, 3.63) is 92.8 Å². The first-order valence-corrected chi connectivity index (χ1v) is 23.8. The first-order chi connectivity index (χ1) is 32.8. The number of ether oxygens (including phenoxy) is 3. The highest BCUT2D eigenvalue weighted by Crippen LogP contribution is 2.30. The van der Waals surface area contributed by atoms with Gasteiger partial charge in [-0.1, -0.05) is 57.7 Å². The van der Waals surface area contributed by atoms with Crippen molar-refractivity contribution < 1.29 is 38.5 Å². The molecule has 1 aromatic carbocycles. The number of benzene rings is 1. The highest BCUT2D eigenvalue weighted by molar-refractivity contribution is 7.11. The SMILES string of the molecule is C=C(/C=C\C(=C)c1scnc1C)CNC(=O)[C@@H]1C[C@@H](O)CN1C(=O)[C@@H](NC(=O)COCCOC1CCN(c2ncc(Cl)c(Nc3ccc4c(c3)cc(OCC(=O)NC)c(=O)n4C)n2)CC1)C(C)(C)C. The topological polar surface area (TPSA) is 231 Å². The number of aryl methyl sites for hydroxylation is 2. The van der Waals surface area contributed by atoms with Crippen molar-refractivity contribution in [1.82, 2.24) is 40.4 Å². The maximum Gasteiger partial charge on any atom is 0.293 e. The average Bonchev–Trinajstić information content (AvgIpc) is 3.94. The number of rotatable bonds is 20. The number of piperidine rings is 1. The van der Waals surface area contributed by atoms with E-state index in [0.717, 1.165) is 16.1 Å². The summed E-state index contributed by atoms with van der Waals surface area (Å²) in [5, 5.41) is 22.9. The van der Waals surface area contributed by atoms with Gasteiger partial charge in [-0.05, 0) is 60.6 Å². The van der Waals surface area contributed by atoms with E-state index >= 15 is 0 Å². The monoisotopic (exact) mass is 988 g/mol. The molecule has 6 rings (SSSR count). The third kappa shape index (κ3) is 13.7. The fraction of sp³-hybridized carbons (Fsp3) is 0.458. The van der Waals surface area contributed by atoms with Gasteiger partial charge >= 0.3 is 0 Å². The van der Waals surface area contributed by atoms with Crippen LogP contribution in [-0.2, 0) is 35.7 Å². The minimum atomic E-state index is -1.00. The first kappa shape index (κ1) is 52.2. The van der Waals surface area contributed by atoms with E-state index in [2.05, 4.69) is 44.4 Å². The molecule has 5 N–H and O–H groups in total. The number of halogens is 1. The van der Waals surface area contributed by atoms with Gasteiger partial charge in [0.25, 0.3) is 11.5 Å². The third-order valence-corrected chi connectivity index (χ3v) is 13.0. The van der Waals surface area contributed by atoms with Crippen molar-refractivity contribution in [2.45, 2.75) is 71.2 Å². The molecule has 0 radical (unpaired) electrons. The van der Waals surface area contributed by atoms with E-state index in [0.29, 0.717) is 64.9 Å². The van der Waals surface area contributed by atoms with Crippen LogP contribution in [0.2, 0.25) is 5.02 Å². The molecular formula is C48H61ClN10O9S. The zero-order valence-electron chi connectivity index (χ0n) is 39.8. The standard InChI is InChI=1S/C48H61ClN10O9S/c1-28(9-10-29(2)41-30(3)53-27-69-41)22-51-44(63)37-21-33(60)24-59(37)46(65)42(48(4,5)6)55-40(62)25-66-17-18-67-34-13-15-58(16-14-34)47-52-23-35(49)43(56-47)54-32-11-12-36-31(19-32)20-38(45(64)57(36)8)68-26-39(61)50-7/h9-12,19-20,23,27,33-34,37,42,60H,1-2,13-18,21-22,24-26H2,3-8H3,(H,50,61)(H,51,63)(H,55,62)(H,52,54,56)/b10-9-/t33-,37+,42-/m1/s1. The summed E-state index contributed by atoms with van der Waals surface area (Å²) < 4.78 is 18.7. The number of likely N-dealkylation sites (N-methyl/N-ethyl adjacent to an activating group) is 1. The van der Waals surface area contributed by atoms with Gasteiger partial charge in [-0.15, -0.1) is 11.3 Å². The van der Waals surface area contributed by atoms with Crippen LogP contribution in [0.1, 0.15) is 50.6 Å². The number of nitrogens with zero attached hydrogens (tertiary/aromatic N) is 6. The third-order valence-electron chi connectivity index (χ3n) is 11.7. The van der Waals surface area contributed by atoms with Gasteiger partial charge in [0.1, 0.15) is 23.7 Å². The van der Waals surface area contributed by atoms with Gasteiger partial charge in [0.15, 0.2) is 18.2 Å². The van der Waals surface area contributed by atoms with Crippen LogP contribution in [-0.4, -0.2) is 137 Å². The first-order valence-electron chi connectivity index (χ1n) is 22.5. The lowest BCUT2D eigenvalue weighted by Gasteiger charge is -2.35. The fourth-order valence-electron chi connectivity index (χ4n) is 7.85. The molecule has 4 amide bonds. The number of likely N-dealkylation sites (tertiary alicyclic amines) is 1. The maximum absolute atomic E-state index is 14.0. The summed E-state index contributed by atoms with van der Waals surface area (Å²) in [6.07, 6.45) is 5.60. The highest BCUT2D eigenvalue weighted by Gasteiger charge is 2.44. The van der Waals surface area contributed by atoms with E-state index in [-0.39, 0.29) is 69.3 Å². The molecule has 0 saturated carbocycles. The second-order valence-electron chi connectivity index (χ2n) is 18.0. The van der Waals surface area contributed by atoms with Crippen LogP contribution < -0.4 is 36.5 Å². The zero-order valence-corrected chi connectivity index (χ0v) is 41.4. The van der Waals surface area contributed by atoms with Gasteiger partial charge in [-0.3, -0.25) is 24.0 Å². The molecule has 0 spiro atoms. The predicted molar refractivity (Wildman–Crippen MR) is 266 cm³/mol. The van der Waals surface area contributed by atoms with E-state index in [1.807, 2.05) is 44.7 Å². The Morgan fingerprint density at radius 2 is 1.81 bits per heavy atom. The largest absolute Gasteiger partial charge is 0.478 e. The number of pyridine rings is 1. The number of fused-ring (bicyclic) bond motifs is 1. The molecule has 2 fully saturated rings. The lowest BCUT2D eigenvalue weighted by atomic mass is 9.85. The van der Waals surface area contributed by atoms with Gasteiger partial charge in [-0.2, -0.15) is 4.98 Å². The second-order valence-corrected chi connectivity index (χ2v) is 19.2. The van der Waals surface area contributed by atoms with Crippen molar-refractivity contribution in [2.75, 3.05) is 69.9 Å². The molecule has 2 aliphatic rings. The Kier molecular flexibility index (Phi) is 17.7. The number of β-amino-alcohol motifs (C(OH)–C–C–N with tert-alkyl or cyclic N) is 1. The Morgan fingerprint density at radius 3 is 2.51 bits per heavy atom. The van der Waals surface area contributed by atoms with Crippen LogP contribution >= 0.6 is 22.9 Å². The molecule has 0 bridgehead atoms. The number of aliphatic hydroxyl groups is 1. The van der Waals surface area contributed by atoms with Gasteiger partial charge in [0.2, 0.25) is 23.7 Å². The molecule has 21 heteroatoms. The van der Waals surface area contributed by atoms with Crippen LogP contribution in [0.3, 0.4) is 0 Å². The van der Waals surface area contributed by atoms with Crippen LogP contribution in [0.4, 0.5) is 17.5 Å². The predicted octanol–water partition coefficient (Wildman–Crippen LogP) is 4.05. The summed E-state index contributed by atoms with van der Waals surface area (Å²) >= 11 is 8.01. The minimum absolute atomic E-state index is 0.0464. The number of aliphatic hydroxyl groups excluding tert-OH is 1. The van der Waals surface area contributed by atoms with Gasteiger partial charge in [0, 0.05) is 57.8 Å². The van der Waals surface area contributed by atoms with E-state index in [1.54, 1.807) is 36.8 Å². The molecule has 69 heavy (non-hydrogen) atoms. The van der Waals surface area contributed by atoms with Crippen molar-refractivity contribution in [3.8, 4) is 5.75 Å². The Labute approximate surface area is 410 Å². The lowest BCUT2D eigenvalue weighted by Crippen LogP contribution is -2.58. The number of anilines is 3. The van der Waals surface area contributed by atoms with Crippen LogP contribution in [0.25, 0.3) is 16.5 Å². The molecule has 5 heterocycles. The summed E-state index contributed by atoms with van der Waals surface area (Å²) in [7, 11) is 3.12. The molecule has 2 saturated heterocycles. The minimum Gasteiger partial charge on any atom is -0.478 e. The van der Waals surface area contributed by atoms with Crippen LogP contribution in [0.5, 0.6) is 5.75 Å². The van der Waals surface area contributed by atoms with Gasteiger partial charge in [-0.25, -0.2) is 9.97 Å². The van der Waals surface area contributed by atoms with Crippen LogP contribution in [0.15, 0.2) is 71.7 Å². The molecule has 4 aromatic rings. The van der Waals surface area contributed by atoms with E-state index < -0.39 is 41.3 Å². The molecule has 2 aliphatic heterocycles. The van der Waals surface area contributed by atoms with Crippen molar-refractivity contribution in [3.63, 3.8) is 0 Å². The number of carbonyl (C=O) groups is 4. The zero-order chi connectivity index (χ0) is 50.0. The number of hydrogen-bond acceptors (Lipinski definition) is 15. The molecule has 19 nitrogen and oxygen atoms in total. The number of hydrogen-bond donors (Lipinski definition) is 5. The quantitative estimate of drug-likeness (QED) is 0.0622. The molecule has 0 aliphatic carbocycles. The number of carbonyl (C=O) groups excluding carboxylic acids is 4. The number of allylic oxidation sites excluding steroid dienone is 2. The summed E-state index contributed by atoms with van der Waals surface area (Å²) in [6.45, 7) is 16.6. The maximum atomic E-state index is 14.0. The number of thiazole rings is 1. The Bertz CT molecular complexity index is 2640. The number of aromatic nitrogens is 4. The fourth-order valence-corrected chi connectivity index (χ4v) is 8.75. The smallest absolute Gasteiger partial charge is 0.293 e. The van der Waals surface area contributed by atoms with Gasteiger partial charge in [0.05, 0.1) is 53.2 Å². The molecular weight excluding hydrogens is 928 g/mol. The van der Waals surface area contributed by atoms with E-state index in [1.165, 1.54) is 34.0 Å². The van der Waals surface area contributed by atoms with E-state index in [9.17, 15) is 29.1 Å². The van der Waals surface area contributed by atoms with Crippen molar-refractivity contribution in [1.29, 1.82) is 0 Å². The molecule has 0 unspecified atom stereocenters. The van der Waals surface area contributed by atoms with E-state index in [4.69, 9.17) is 30.8 Å². The highest BCUT2D eigenvalue weighted by atomic mass is 35.5. The Morgan fingerprint density at radius 1 is 1.06 bits per heavy atom. The molecule has 3 aromatic heterocycles. The second kappa shape index (κ2) is 23.4. The number of amides is 4. The lowest BCUT2D eigenvalue weighted by molar-refractivity contribution is -0.144. The van der Waals surface area contributed by atoms with Crippen LogP contribution in [0, 0.1) is 12.3 Å². The normalized spacial score (nSPS) is 16.9.